The molecule has 0 fully saturated rings. The molecule has 5 heteroatoms. The molecule has 2 aliphatic heterocycles. The van der Waals surface area contributed by atoms with Crippen molar-refractivity contribution in [3.05, 3.63) is 11.8 Å². The third-order valence-corrected chi connectivity index (χ3v) is 1.78. The van der Waals surface area contributed by atoms with Gasteiger partial charge in [0.15, 0.2) is 6.17 Å². The van der Waals surface area contributed by atoms with Gasteiger partial charge in [0, 0.05) is 6.42 Å². The van der Waals surface area contributed by atoms with Crippen molar-refractivity contribution in [1.82, 2.24) is 5.32 Å². The van der Waals surface area contributed by atoms with Gasteiger partial charge in [0.1, 0.15) is 5.84 Å². The Morgan fingerprint density at radius 2 is 2.50 bits per heavy atom. The van der Waals surface area contributed by atoms with Gasteiger partial charge in [-0.1, -0.05) is 6.92 Å². The van der Waals surface area contributed by atoms with Crippen molar-refractivity contribution in [2.24, 2.45) is 15.2 Å². The molecule has 5 nitrogen and oxygen atoms in total. The van der Waals surface area contributed by atoms with E-state index in [1.165, 1.54) is 6.20 Å². The summed E-state index contributed by atoms with van der Waals surface area (Å²) in [6.45, 7) is 1.93. The predicted molar refractivity (Wildman–Crippen MR) is 42.6 cm³/mol. The Kier molecular flexibility index (Phi) is 1.49. The molecule has 0 spiro atoms. The van der Waals surface area contributed by atoms with Crippen LogP contribution >= 0.6 is 0 Å². The number of hydrogen-bond donors (Lipinski definition) is 1. The summed E-state index contributed by atoms with van der Waals surface area (Å²) in [5, 5.41) is 10.1. The van der Waals surface area contributed by atoms with Crippen LogP contribution in [-0.4, -0.2) is 17.9 Å². The fourth-order valence-electron chi connectivity index (χ4n) is 1.12. The Hall–Kier alpha value is -1.52. The molecule has 62 valence electrons. The van der Waals surface area contributed by atoms with E-state index in [0.717, 1.165) is 0 Å². The fourth-order valence-corrected chi connectivity index (χ4v) is 1.12. The zero-order valence-corrected chi connectivity index (χ0v) is 6.61. The first kappa shape index (κ1) is 7.15. The lowest BCUT2D eigenvalue weighted by molar-refractivity contribution is -0.116. The van der Waals surface area contributed by atoms with Gasteiger partial charge in [-0.25, -0.2) is 4.99 Å². The minimum absolute atomic E-state index is 0.128. The fraction of sp³-hybridized carbons (Fsp3) is 0.429. The molecule has 0 radical (unpaired) electrons. The highest BCUT2D eigenvalue weighted by Gasteiger charge is 2.28. The summed E-state index contributed by atoms with van der Waals surface area (Å²) in [5.74, 6) is 0.555. The van der Waals surface area contributed by atoms with Crippen LogP contribution in [0.5, 0.6) is 0 Å². The molecule has 1 unspecified atom stereocenters. The molecule has 0 aromatic rings. The van der Waals surface area contributed by atoms with Gasteiger partial charge < -0.3 is 5.32 Å². The van der Waals surface area contributed by atoms with Gasteiger partial charge >= 0.3 is 0 Å². The maximum Gasteiger partial charge on any atom is 0.258 e. The molecule has 2 aliphatic rings. The Bertz CT molecular complexity index is 315. The zero-order chi connectivity index (χ0) is 8.55. The molecule has 0 aliphatic carbocycles. The van der Waals surface area contributed by atoms with Gasteiger partial charge in [0.25, 0.3) is 5.91 Å². The first-order chi connectivity index (χ1) is 5.81. The van der Waals surface area contributed by atoms with E-state index >= 15 is 0 Å². The van der Waals surface area contributed by atoms with Crippen LogP contribution in [-0.2, 0) is 4.79 Å². The number of amides is 1. The monoisotopic (exact) mass is 164 g/mol. The highest BCUT2D eigenvalue weighted by molar-refractivity contribution is 6.09. The molecule has 12 heavy (non-hydrogen) atoms. The summed E-state index contributed by atoms with van der Waals surface area (Å²) in [7, 11) is 0. The lowest BCUT2D eigenvalue weighted by Gasteiger charge is -2.16. The molecule has 2 heterocycles. The van der Waals surface area contributed by atoms with Gasteiger partial charge in [0.05, 0.1) is 11.8 Å². The average Bonchev–Trinajstić information content (AvgIpc) is 2.52. The van der Waals surface area contributed by atoms with Gasteiger partial charge in [-0.2, -0.15) is 10.2 Å². The number of fused-ring (bicyclic) bond motifs is 1. The maximum atomic E-state index is 11.3. The van der Waals surface area contributed by atoms with Crippen molar-refractivity contribution in [2.45, 2.75) is 19.5 Å². The van der Waals surface area contributed by atoms with Crippen LogP contribution in [0.25, 0.3) is 0 Å². The van der Waals surface area contributed by atoms with Gasteiger partial charge in [-0.3, -0.25) is 4.79 Å². The van der Waals surface area contributed by atoms with Crippen molar-refractivity contribution in [1.29, 1.82) is 0 Å². The number of nitrogens with one attached hydrogen (secondary N) is 1. The number of carbonyl (C=O) groups is 1. The normalized spacial score (nSPS) is 26.1. The van der Waals surface area contributed by atoms with E-state index in [0.29, 0.717) is 17.8 Å². The second kappa shape index (κ2) is 2.51. The molecule has 2 rings (SSSR count). The van der Waals surface area contributed by atoms with Crippen LogP contribution in [0.1, 0.15) is 13.3 Å². The van der Waals surface area contributed by atoms with Crippen molar-refractivity contribution in [3.8, 4) is 0 Å². The van der Waals surface area contributed by atoms with Crippen LogP contribution in [0.4, 0.5) is 0 Å². The number of hydrogen-bond acceptors (Lipinski definition) is 4. The number of nitrogens with zero attached hydrogens (tertiary/aromatic N) is 3. The highest BCUT2D eigenvalue weighted by Crippen LogP contribution is 2.19. The van der Waals surface area contributed by atoms with Crippen molar-refractivity contribution >= 4 is 11.7 Å². The van der Waals surface area contributed by atoms with Crippen LogP contribution in [0.3, 0.4) is 0 Å². The molecule has 1 atom stereocenters. The van der Waals surface area contributed by atoms with Crippen molar-refractivity contribution in [3.63, 3.8) is 0 Å². The SMILES string of the molecule is CCC1=NC2N=NC=C2C(=O)N1. The summed E-state index contributed by atoms with van der Waals surface area (Å²) >= 11 is 0. The minimum atomic E-state index is -0.381. The second-order valence-electron chi connectivity index (χ2n) is 2.57. The molecule has 1 amide bonds. The first-order valence-electron chi connectivity index (χ1n) is 3.79. The lowest BCUT2D eigenvalue weighted by atomic mass is 10.2. The summed E-state index contributed by atoms with van der Waals surface area (Å²) in [6.07, 6.45) is 1.79. The van der Waals surface area contributed by atoms with Crippen LogP contribution in [0.15, 0.2) is 27.0 Å². The number of amidine groups is 1. The first-order valence-corrected chi connectivity index (χ1v) is 3.79. The van der Waals surface area contributed by atoms with E-state index < -0.39 is 0 Å². The van der Waals surface area contributed by atoms with Gasteiger partial charge in [-0.15, -0.1) is 0 Å². The molecule has 1 N–H and O–H groups in total. The number of rotatable bonds is 1. The summed E-state index contributed by atoms with van der Waals surface area (Å²) in [6, 6.07) is 0. The van der Waals surface area contributed by atoms with E-state index in [9.17, 15) is 4.79 Å². The predicted octanol–water partition coefficient (Wildman–Crippen LogP) is 0.601. The Morgan fingerprint density at radius 1 is 1.67 bits per heavy atom. The second-order valence-corrected chi connectivity index (χ2v) is 2.57. The van der Waals surface area contributed by atoms with E-state index in [-0.39, 0.29) is 12.1 Å². The summed E-state index contributed by atoms with van der Waals surface area (Å²) in [4.78, 5) is 15.4. The molecule has 0 bridgehead atoms. The van der Waals surface area contributed by atoms with E-state index in [2.05, 4.69) is 20.5 Å². The van der Waals surface area contributed by atoms with E-state index in [1.54, 1.807) is 0 Å². The Labute approximate surface area is 69.3 Å². The van der Waals surface area contributed by atoms with Crippen LogP contribution in [0, 0.1) is 0 Å². The topological polar surface area (TPSA) is 66.2 Å². The average molecular weight is 164 g/mol. The third-order valence-electron chi connectivity index (χ3n) is 1.78. The quantitative estimate of drug-likeness (QED) is 0.605. The van der Waals surface area contributed by atoms with Crippen LogP contribution < -0.4 is 5.32 Å². The molecule has 0 saturated heterocycles. The largest absolute Gasteiger partial charge is 0.310 e. The van der Waals surface area contributed by atoms with Crippen molar-refractivity contribution < 1.29 is 4.79 Å². The number of azo groups is 1. The van der Waals surface area contributed by atoms with Crippen LogP contribution in [0.2, 0.25) is 0 Å². The molecule has 0 aromatic heterocycles. The molecule has 0 saturated carbocycles. The zero-order valence-electron chi connectivity index (χ0n) is 6.61. The lowest BCUT2D eigenvalue weighted by Crippen LogP contribution is -2.38. The smallest absolute Gasteiger partial charge is 0.258 e. The summed E-state index contributed by atoms with van der Waals surface area (Å²) in [5.41, 5.74) is 0.534. The highest BCUT2D eigenvalue weighted by atomic mass is 16.2. The maximum absolute atomic E-state index is 11.3. The van der Waals surface area contributed by atoms with Gasteiger partial charge in [-0.05, 0) is 0 Å². The molecule has 0 aromatic carbocycles. The van der Waals surface area contributed by atoms with E-state index in [4.69, 9.17) is 0 Å². The Morgan fingerprint density at radius 3 is 3.25 bits per heavy atom. The standard InChI is InChI=1S/C7H8N4O/c1-2-5-9-6-4(3-8-11-6)7(12)10-5/h3,6H,2H2,1H3,(H,9,10,12). The molecular weight excluding hydrogens is 156 g/mol. The van der Waals surface area contributed by atoms with Crippen molar-refractivity contribution in [2.75, 3.05) is 0 Å². The number of carbonyl (C=O) groups excluding carboxylic acids is 1. The van der Waals surface area contributed by atoms with E-state index in [1.807, 2.05) is 6.92 Å². The third kappa shape index (κ3) is 0.939. The summed E-state index contributed by atoms with van der Waals surface area (Å²) < 4.78 is 0. The number of aliphatic imine (C=N–C) groups is 1. The van der Waals surface area contributed by atoms with Gasteiger partial charge in [0.2, 0.25) is 0 Å². The molecular formula is C7H8N4O. The minimum Gasteiger partial charge on any atom is -0.310 e. The Balaban J connectivity index is 2.34.